The average molecular weight is 269 g/mol. The SMILES string of the molecule is CN(CC(=O)c1ccc(Cl)cc1)CC(=O)N(C)C. The first-order valence-electron chi connectivity index (χ1n) is 5.57. The lowest BCUT2D eigenvalue weighted by Gasteiger charge is -2.18. The Hall–Kier alpha value is -1.39. The minimum Gasteiger partial charge on any atom is -0.348 e. The first-order valence-corrected chi connectivity index (χ1v) is 5.95. The summed E-state index contributed by atoms with van der Waals surface area (Å²) in [6, 6.07) is 6.73. The lowest BCUT2D eigenvalue weighted by atomic mass is 10.1. The van der Waals surface area contributed by atoms with Gasteiger partial charge in [-0.3, -0.25) is 14.5 Å². The van der Waals surface area contributed by atoms with E-state index in [9.17, 15) is 9.59 Å². The zero-order valence-electron chi connectivity index (χ0n) is 10.8. The van der Waals surface area contributed by atoms with Crippen LogP contribution in [0.25, 0.3) is 0 Å². The van der Waals surface area contributed by atoms with Gasteiger partial charge < -0.3 is 4.90 Å². The number of rotatable bonds is 5. The molecule has 0 saturated carbocycles. The molecule has 1 amide bonds. The summed E-state index contributed by atoms with van der Waals surface area (Å²) >= 11 is 5.75. The van der Waals surface area contributed by atoms with E-state index in [2.05, 4.69) is 0 Å². The second-order valence-electron chi connectivity index (χ2n) is 4.39. The molecule has 0 bridgehead atoms. The van der Waals surface area contributed by atoms with Crippen LogP contribution in [0.1, 0.15) is 10.4 Å². The summed E-state index contributed by atoms with van der Waals surface area (Å²) in [5.74, 6) is -0.0536. The summed E-state index contributed by atoms with van der Waals surface area (Å²) in [5, 5.41) is 0.600. The molecule has 98 valence electrons. The Labute approximate surface area is 112 Å². The third kappa shape index (κ3) is 4.47. The largest absolute Gasteiger partial charge is 0.348 e. The Morgan fingerprint density at radius 3 is 2.11 bits per heavy atom. The number of Topliss-reactive ketones (excluding diaryl/α,β-unsaturated/α-hetero) is 1. The lowest BCUT2D eigenvalue weighted by molar-refractivity contribution is -0.129. The van der Waals surface area contributed by atoms with Crippen molar-refractivity contribution in [1.82, 2.24) is 9.80 Å². The van der Waals surface area contributed by atoms with Crippen LogP contribution in [-0.4, -0.2) is 55.7 Å². The van der Waals surface area contributed by atoms with Crippen LogP contribution >= 0.6 is 11.6 Å². The highest BCUT2D eigenvalue weighted by Crippen LogP contribution is 2.10. The number of halogens is 1. The van der Waals surface area contributed by atoms with Gasteiger partial charge in [-0.2, -0.15) is 0 Å². The van der Waals surface area contributed by atoms with Crippen molar-refractivity contribution in [3.63, 3.8) is 0 Å². The summed E-state index contributed by atoms with van der Waals surface area (Å²) in [5.41, 5.74) is 0.601. The Morgan fingerprint density at radius 1 is 1.06 bits per heavy atom. The van der Waals surface area contributed by atoms with Crippen LogP contribution in [0.4, 0.5) is 0 Å². The zero-order chi connectivity index (χ0) is 13.7. The van der Waals surface area contributed by atoms with Gasteiger partial charge in [0.1, 0.15) is 0 Å². The minimum atomic E-state index is -0.0271. The second-order valence-corrected chi connectivity index (χ2v) is 4.83. The number of carbonyl (C=O) groups is 2. The van der Waals surface area contributed by atoms with E-state index in [0.29, 0.717) is 10.6 Å². The van der Waals surface area contributed by atoms with Gasteiger partial charge in [0.15, 0.2) is 5.78 Å². The van der Waals surface area contributed by atoms with Crippen molar-refractivity contribution in [2.24, 2.45) is 0 Å². The van der Waals surface area contributed by atoms with Crippen molar-refractivity contribution in [3.8, 4) is 0 Å². The molecule has 0 atom stereocenters. The molecule has 0 aliphatic rings. The maximum absolute atomic E-state index is 11.9. The summed E-state index contributed by atoms with van der Waals surface area (Å²) in [6.07, 6.45) is 0. The van der Waals surface area contributed by atoms with Gasteiger partial charge in [0.25, 0.3) is 0 Å². The van der Waals surface area contributed by atoms with Crippen LogP contribution < -0.4 is 0 Å². The zero-order valence-corrected chi connectivity index (χ0v) is 11.6. The van der Waals surface area contributed by atoms with Gasteiger partial charge in [-0.05, 0) is 31.3 Å². The van der Waals surface area contributed by atoms with Gasteiger partial charge in [-0.25, -0.2) is 0 Å². The van der Waals surface area contributed by atoms with Gasteiger partial charge in [-0.1, -0.05) is 11.6 Å². The standard InChI is InChI=1S/C13H17ClN2O2/c1-15(2)13(18)9-16(3)8-12(17)10-4-6-11(14)7-5-10/h4-7H,8-9H2,1-3H3. The number of likely N-dealkylation sites (N-methyl/N-ethyl adjacent to an activating group) is 2. The number of nitrogens with zero attached hydrogens (tertiary/aromatic N) is 2. The fourth-order valence-electron chi connectivity index (χ4n) is 1.40. The molecule has 0 N–H and O–H groups in total. The van der Waals surface area contributed by atoms with Gasteiger partial charge in [0.05, 0.1) is 13.1 Å². The van der Waals surface area contributed by atoms with Gasteiger partial charge in [0, 0.05) is 24.7 Å². The molecular weight excluding hydrogens is 252 g/mol. The average Bonchev–Trinajstić information content (AvgIpc) is 2.29. The second kappa shape index (κ2) is 6.52. The molecule has 1 aromatic rings. The first-order chi connectivity index (χ1) is 8.40. The molecule has 1 rings (SSSR count). The smallest absolute Gasteiger partial charge is 0.236 e. The van der Waals surface area contributed by atoms with Crippen LogP contribution in [0.3, 0.4) is 0 Å². The maximum Gasteiger partial charge on any atom is 0.236 e. The summed E-state index contributed by atoms with van der Waals surface area (Å²) in [7, 11) is 5.13. The van der Waals surface area contributed by atoms with E-state index in [0.717, 1.165) is 0 Å². The highest BCUT2D eigenvalue weighted by molar-refractivity contribution is 6.30. The molecular formula is C13H17ClN2O2. The monoisotopic (exact) mass is 268 g/mol. The predicted octanol–water partition coefficient (Wildman–Crippen LogP) is 1.54. The van der Waals surface area contributed by atoms with E-state index < -0.39 is 0 Å². The Balaban J connectivity index is 2.54. The van der Waals surface area contributed by atoms with Crippen molar-refractivity contribution in [1.29, 1.82) is 0 Å². The van der Waals surface area contributed by atoms with E-state index in [4.69, 9.17) is 11.6 Å². The van der Waals surface area contributed by atoms with Gasteiger partial charge in [-0.15, -0.1) is 0 Å². The molecule has 0 heterocycles. The van der Waals surface area contributed by atoms with Crippen LogP contribution in [0.5, 0.6) is 0 Å². The van der Waals surface area contributed by atoms with Crippen molar-refractivity contribution in [2.75, 3.05) is 34.2 Å². The predicted molar refractivity (Wildman–Crippen MR) is 72.0 cm³/mol. The van der Waals surface area contributed by atoms with Crippen molar-refractivity contribution >= 4 is 23.3 Å². The highest BCUT2D eigenvalue weighted by Gasteiger charge is 2.13. The van der Waals surface area contributed by atoms with Crippen molar-refractivity contribution in [2.45, 2.75) is 0 Å². The molecule has 0 spiro atoms. The molecule has 0 radical (unpaired) electrons. The van der Waals surface area contributed by atoms with E-state index in [1.165, 1.54) is 4.90 Å². The third-order valence-electron chi connectivity index (χ3n) is 2.48. The minimum absolute atomic E-state index is 0.0265. The highest BCUT2D eigenvalue weighted by atomic mass is 35.5. The number of carbonyl (C=O) groups excluding carboxylic acids is 2. The molecule has 0 saturated heterocycles. The van der Waals surface area contributed by atoms with E-state index >= 15 is 0 Å². The number of amides is 1. The number of ketones is 1. The lowest BCUT2D eigenvalue weighted by Crippen LogP contribution is -2.36. The summed E-state index contributed by atoms with van der Waals surface area (Å²) in [6.45, 7) is 0.438. The Bertz CT molecular complexity index is 429. The van der Waals surface area contributed by atoms with Gasteiger partial charge in [0.2, 0.25) is 5.91 Å². The maximum atomic E-state index is 11.9. The molecule has 4 nitrogen and oxygen atoms in total. The quantitative estimate of drug-likeness (QED) is 0.761. The molecule has 1 aromatic carbocycles. The molecule has 0 aromatic heterocycles. The van der Waals surface area contributed by atoms with Crippen LogP contribution in [-0.2, 0) is 4.79 Å². The molecule has 0 aliphatic carbocycles. The summed E-state index contributed by atoms with van der Waals surface area (Å²) in [4.78, 5) is 26.6. The first kappa shape index (κ1) is 14.7. The molecule has 0 aliphatic heterocycles. The Morgan fingerprint density at radius 2 is 1.61 bits per heavy atom. The third-order valence-corrected chi connectivity index (χ3v) is 2.74. The van der Waals surface area contributed by atoms with Crippen LogP contribution in [0, 0.1) is 0 Å². The van der Waals surface area contributed by atoms with Crippen LogP contribution in [0.2, 0.25) is 5.02 Å². The van der Waals surface area contributed by atoms with E-state index in [1.807, 2.05) is 0 Å². The van der Waals surface area contributed by atoms with E-state index in [1.54, 1.807) is 50.3 Å². The molecule has 5 heteroatoms. The fourth-order valence-corrected chi connectivity index (χ4v) is 1.53. The van der Waals surface area contributed by atoms with Crippen LogP contribution in [0.15, 0.2) is 24.3 Å². The van der Waals surface area contributed by atoms with E-state index in [-0.39, 0.29) is 24.8 Å². The normalized spacial score (nSPS) is 10.5. The molecule has 18 heavy (non-hydrogen) atoms. The number of hydrogen-bond donors (Lipinski definition) is 0. The number of benzene rings is 1. The number of hydrogen-bond acceptors (Lipinski definition) is 3. The van der Waals surface area contributed by atoms with Crippen molar-refractivity contribution < 1.29 is 9.59 Å². The Kier molecular flexibility index (Phi) is 5.31. The summed E-state index contributed by atoms with van der Waals surface area (Å²) < 4.78 is 0. The topological polar surface area (TPSA) is 40.6 Å². The van der Waals surface area contributed by atoms with Crippen molar-refractivity contribution in [3.05, 3.63) is 34.9 Å². The molecule has 0 fully saturated rings. The fraction of sp³-hybridized carbons (Fsp3) is 0.385. The molecule has 0 unspecified atom stereocenters. The van der Waals surface area contributed by atoms with Gasteiger partial charge >= 0.3 is 0 Å².